The van der Waals surface area contributed by atoms with Gasteiger partial charge in [-0.3, -0.25) is 4.99 Å². The minimum Gasteiger partial charge on any atom is -0.383 e. The second-order valence-corrected chi connectivity index (χ2v) is 4.88. The van der Waals surface area contributed by atoms with Gasteiger partial charge in [0.15, 0.2) is 0 Å². The van der Waals surface area contributed by atoms with E-state index < -0.39 is 0 Å². The van der Waals surface area contributed by atoms with Gasteiger partial charge in [-0.2, -0.15) is 0 Å². The van der Waals surface area contributed by atoms with Crippen molar-refractivity contribution in [3.05, 3.63) is 35.9 Å². The number of rotatable bonds is 2. The number of hydrogen-bond acceptors (Lipinski definition) is 1. The molecule has 0 radical (unpaired) electrons. The van der Waals surface area contributed by atoms with Crippen molar-refractivity contribution in [3.8, 4) is 0 Å². The van der Waals surface area contributed by atoms with E-state index in [2.05, 4.69) is 0 Å². The van der Waals surface area contributed by atoms with Crippen molar-refractivity contribution in [2.24, 2.45) is 10.7 Å². The zero-order chi connectivity index (χ0) is 11.9. The summed E-state index contributed by atoms with van der Waals surface area (Å²) in [7, 11) is 0. The summed E-state index contributed by atoms with van der Waals surface area (Å²) in [6.07, 6.45) is 9.12. The smallest absolute Gasteiger partial charge is 0.125 e. The van der Waals surface area contributed by atoms with Crippen LogP contribution in [0.3, 0.4) is 0 Å². The number of benzene rings is 1. The lowest BCUT2D eigenvalue weighted by Crippen LogP contribution is -2.18. The second-order valence-electron chi connectivity index (χ2n) is 4.88. The molecule has 0 unspecified atom stereocenters. The first-order chi connectivity index (χ1) is 8.36. The van der Waals surface area contributed by atoms with E-state index in [9.17, 15) is 0 Å². The molecule has 2 heteroatoms. The summed E-state index contributed by atoms with van der Waals surface area (Å²) < 4.78 is 0. The summed E-state index contributed by atoms with van der Waals surface area (Å²) in [6, 6.07) is 10.5. The van der Waals surface area contributed by atoms with Crippen molar-refractivity contribution in [1.29, 1.82) is 0 Å². The van der Waals surface area contributed by atoms with Gasteiger partial charge in [0.05, 0.1) is 6.04 Å². The molecule has 0 heterocycles. The Bertz CT molecular complexity index is 348. The highest BCUT2D eigenvalue weighted by Crippen LogP contribution is 2.19. The number of amidine groups is 1. The second kappa shape index (κ2) is 6.43. The van der Waals surface area contributed by atoms with E-state index in [4.69, 9.17) is 10.7 Å². The SMILES string of the molecule is NC(=NC1CCCCCCC1)c1ccccc1. The third kappa shape index (κ3) is 3.88. The van der Waals surface area contributed by atoms with Gasteiger partial charge in [0.1, 0.15) is 5.84 Å². The summed E-state index contributed by atoms with van der Waals surface area (Å²) in [5.41, 5.74) is 7.12. The molecule has 0 saturated heterocycles. The predicted molar refractivity (Wildman–Crippen MR) is 73.3 cm³/mol. The summed E-state index contributed by atoms with van der Waals surface area (Å²) in [6.45, 7) is 0. The fraction of sp³-hybridized carbons (Fsp3) is 0.533. The van der Waals surface area contributed by atoms with E-state index in [1.807, 2.05) is 30.3 Å². The molecule has 1 aliphatic carbocycles. The van der Waals surface area contributed by atoms with Crippen LogP contribution in [0, 0.1) is 0 Å². The first-order valence-electron chi connectivity index (χ1n) is 6.75. The van der Waals surface area contributed by atoms with Gasteiger partial charge >= 0.3 is 0 Å². The maximum atomic E-state index is 6.07. The summed E-state index contributed by atoms with van der Waals surface area (Å²) >= 11 is 0. The Balaban J connectivity index is 2.01. The molecule has 0 spiro atoms. The monoisotopic (exact) mass is 230 g/mol. The van der Waals surface area contributed by atoms with E-state index in [1.54, 1.807) is 0 Å². The number of nitrogens with two attached hydrogens (primary N) is 1. The van der Waals surface area contributed by atoms with E-state index >= 15 is 0 Å². The van der Waals surface area contributed by atoms with Crippen LogP contribution >= 0.6 is 0 Å². The molecule has 92 valence electrons. The lowest BCUT2D eigenvalue weighted by molar-refractivity contribution is 0.455. The molecule has 0 atom stereocenters. The normalized spacial score (nSPS) is 19.6. The highest BCUT2D eigenvalue weighted by Gasteiger charge is 2.10. The topological polar surface area (TPSA) is 38.4 Å². The molecule has 0 aromatic heterocycles. The Morgan fingerprint density at radius 3 is 2.18 bits per heavy atom. The van der Waals surface area contributed by atoms with Gasteiger partial charge in [-0.05, 0) is 12.8 Å². The number of aliphatic imine (C=N–C) groups is 1. The third-order valence-corrected chi connectivity index (χ3v) is 3.47. The van der Waals surface area contributed by atoms with Crippen molar-refractivity contribution in [2.45, 2.75) is 51.0 Å². The molecular formula is C15H22N2. The van der Waals surface area contributed by atoms with Crippen molar-refractivity contribution in [2.75, 3.05) is 0 Å². The van der Waals surface area contributed by atoms with E-state index in [1.165, 1.54) is 44.9 Å². The number of hydrogen-bond donors (Lipinski definition) is 1. The van der Waals surface area contributed by atoms with Gasteiger partial charge < -0.3 is 5.73 Å². The minimum absolute atomic E-state index is 0.440. The Morgan fingerprint density at radius 2 is 1.53 bits per heavy atom. The van der Waals surface area contributed by atoms with Crippen molar-refractivity contribution in [3.63, 3.8) is 0 Å². The van der Waals surface area contributed by atoms with Crippen LogP contribution in [0.15, 0.2) is 35.3 Å². The average Bonchev–Trinajstić information content (AvgIpc) is 2.33. The maximum absolute atomic E-state index is 6.07. The minimum atomic E-state index is 0.440. The van der Waals surface area contributed by atoms with E-state index in [-0.39, 0.29) is 0 Å². The molecule has 1 fully saturated rings. The average molecular weight is 230 g/mol. The molecule has 0 bridgehead atoms. The molecule has 2 N–H and O–H groups in total. The highest BCUT2D eigenvalue weighted by molar-refractivity contribution is 5.97. The molecule has 1 aromatic rings. The fourth-order valence-corrected chi connectivity index (χ4v) is 2.44. The molecule has 1 saturated carbocycles. The molecule has 1 aliphatic rings. The van der Waals surface area contributed by atoms with Gasteiger partial charge in [0.2, 0.25) is 0 Å². The third-order valence-electron chi connectivity index (χ3n) is 3.47. The van der Waals surface area contributed by atoms with Gasteiger partial charge in [0.25, 0.3) is 0 Å². The molecule has 2 nitrogen and oxygen atoms in total. The van der Waals surface area contributed by atoms with Crippen molar-refractivity contribution < 1.29 is 0 Å². The first-order valence-corrected chi connectivity index (χ1v) is 6.75. The van der Waals surface area contributed by atoms with Crippen molar-refractivity contribution in [1.82, 2.24) is 0 Å². The standard InChI is InChI=1S/C15H22N2/c16-15(13-9-5-4-6-10-13)17-14-11-7-2-1-3-8-12-14/h4-6,9-10,14H,1-3,7-8,11-12H2,(H2,16,17). The van der Waals surface area contributed by atoms with Crippen LogP contribution in [0.4, 0.5) is 0 Å². The zero-order valence-corrected chi connectivity index (χ0v) is 10.4. The Hall–Kier alpha value is -1.31. The van der Waals surface area contributed by atoms with Gasteiger partial charge in [-0.25, -0.2) is 0 Å². The van der Waals surface area contributed by atoms with Crippen LogP contribution in [0.5, 0.6) is 0 Å². The fourth-order valence-electron chi connectivity index (χ4n) is 2.44. The quantitative estimate of drug-likeness (QED) is 0.613. The van der Waals surface area contributed by atoms with Gasteiger partial charge in [-0.15, -0.1) is 0 Å². The largest absolute Gasteiger partial charge is 0.383 e. The highest BCUT2D eigenvalue weighted by atomic mass is 14.9. The Kier molecular flexibility index (Phi) is 4.60. The van der Waals surface area contributed by atoms with Crippen LogP contribution in [-0.2, 0) is 0 Å². The molecule has 0 amide bonds. The lowest BCUT2D eigenvalue weighted by atomic mass is 9.97. The predicted octanol–water partition coefficient (Wildman–Crippen LogP) is 3.50. The molecule has 0 aliphatic heterocycles. The molecule has 1 aromatic carbocycles. The van der Waals surface area contributed by atoms with Crippen LogP contribution in [0.2, 0.25) is 0 Å². The van der Waals surface area contributed by atoms with E-state index in [0.717, 1.165) is 5.56 Å². The van der Waals surface area contributed by atoms with Crippen molar-refractivity contribution >= 4 is 5.84 Å². The molecule has 2 rings (SSSR count). The molecule has 17 heavy (non-hydrogen) atoms. The van der Waals surface area contributed by atoms with Gasteiger partial charge in [0, 0.05) is 5.56 Å². The summed E-state index contributed by atoms with van der Waals surface area (Å²) in [5, 5.41) is 0. The van der Waals surface area contributed by atoms with Crippen LogP contribution in [0.25, 0.3) is 0 Å². The number of nitrogens with zero attached hydrogens (tertiary/aromatic N) is 1. The van der Waals surface area contributed by atoms with Crippen LogP contribution in [0.1, 0.15) is 50.5 Å². The maximum Gasteiger partial charge on any atom is 0.125 e. The summed E-state index contributed by atoms with van der Waals surface area (Å²) in [5.74, 6) is 0.705. The first kappa shape index (κ1) is 12.2. The summed E-state index contributed by atoms with van der Waals surface area (Å²) in [4.78, 5) is 4.70. The lowest BCUT2D eigenvalue weighted by Gasteiger charge is -2.16. The Morgan fingerprint density at radius 1 is 0.941 bits per heavy atom. The van der Waals surface area contributed by atoms with E-state index in [0.29, 0.717) is 11.9 Å². The van der Waals surface area contributed by atoms with Gasteiger partial charge in [-0.1, -0.05) is 62.4 Å². The van der Waals surface area contributed by atoms with Crippen LogP contribution < -0.4 is 5.73 Å². The molecular weight excluding hydrogens is 208 g/mol. The van der Waals surface area contributed by atoms with Crippen LogP contribution in [-0.4, -0.2) is 11.9 Å². The zero-order valence-electron chi connectivity index (χ0n) is 10.4. The Labute approximate surface area is 104 Å².